The highest BCUT2D eigenvalue weighted by atomic mass is 16.5. The van der Waals surface area contributed by atoms with Crippen LogP contribution in [0.15, 0.2) is 18.3 Å². The van der Waals surface area contributed by atoms with E-state index in [0.717, 1.165) is 12.8 Å². The topological polar surface area (TPSA) is 60.5 Å². The van der Waals surface area contributed by atoms with E-state index in [9.17, 15) is 4.79 Å². The molecule has 1 aromatic rings. The molecule has 1 N–H and O–H groups in total. The molecule has 5 heteroatoms. The van der Waals surface area contributed by atoms with Crippen LogP contribution in [0.4, 0.5) is 0 Å². The van der Waals surface area contributed by atoms with Gasteiger partial charge in [-0.3, -0.25) is 4.79 Å². The molecule has 1 fully saturated rings. The zero-order valence-corrected chi connectivity index (χ0v) is 14.9. The minimum Gasteiger partial charge on any atom is -0.478 e. The molecule has 2 atom stereocenters. The summed E-state index contributed by atoms with van der Waals surface area (Å²) in [5.74, 6) is 1.15. The highest BCUT2D eigenvalue weighted by Gasteiger charge is 2.28. The quantitative estimate of drug-likeness (QED) is 0.664. The smallest absolute Gasteiger partial charge is 0.253 e. The average Bonchev–Trinajstić information content (AvgIpc) is 3.04. The molecule has 2 unspecified atom stereocenters. The van der Waals surface area contributed by atoms with Crippen molar-refractivity contribution in [2.75, 3.05) is 20.3 Å². The number of nitrogens with zero attached hydrogens (tertiary/aromatic N) is 1. The van der Waals surface area contributed by atoms with Gasteiger partial charge >= 0.3 is 0 Å². The third-order valence-corrected chi connectivity index (χ3v) is 4.65. The van der Waals surface area contributed by atoms with E-state index in [2.05, 4.69) is 17.2 Å². The van der Waals surface area contributed by atoms with Gasteiger partial charge in [-0.1, -0.05) is 26.2 Å². The molecular formula is C19H30N2O3. The van der Waals surface area contributed by atoms with Crippen molar-refractivity contribution in [2.45, 2.75) is 57.9 Å². The Morgan fingerprint density at radius 2 is 2.17 bits per heavy atom. The zero-order valence-electron chi connectivity index (χ0n) is 14.9. The molecule has 0 bridgehead atoms. The lowest BCUT2D eigenvalue weighted by atomic mass is 9.96. The normalized spacial score (nSPS) is 20.1. The Labute approximate surface area is 145 Å². The molecule has 1 aliphatic carbocycles. The first-order chi connectivity index (χ1) is 11.7. The lowest BCUT2D eigenvalue weighted by Crippen LogP contribution is -2.37. The number of nitrogens with one attached hydrogen (secondary N) is 1. The number of rotatable bonds is 10. The van der Waals surface area contributed by atoms with Crippen molar-refractivity contribution in [1.29, 1.82) is 0 Å². The number of amides is 1. The van der Waals surface area contributed by atoms with Crippen LogP contribution in [0.3, 0.4) is 0 Å². The van der Waals surface area contributed by atoms with Crippen LogP contribution >= 0.6 is 0 Å². The van der Waals surface area contributed by atoms with E-state index < -0.39 is 0 Å². The second-order valence-electron chi connectivity index (χ2n) is 6.49. The maximum absolute atomic E-state index is 12.4. The van der Waals surface area contributed by atoms with Gasteiger partial charge in [0, 0.05) is 38.4 Å². The number of pyridine rings is 1. The summed E-state index contributed by atoms with van der Waals surface area (Å²) in [6.07, 6.45) is 9.63. The first-order valence-corrected chi connectivity index (χ1v) is 9.13. The average molecular weight is 334 g/mol. The Hall–Kier alpha value is -1.62. The highest BCUT2D eigenvalue weighted by Crippen LogP contribution is 2.30. The largest absolute Gasteiger partial charge is 0.478 e. The van der Waals surface area contributed by atoms with Crippen LogP contribution in [0, 0.1) is 5.92 Å². The number of hydrogen-bond acceptors (Lipinski definition) is 4. The van der Waals surface area contributed by atoms with Gasteiger partial charge in [-0.15, -0.1) is 0 Å². The molecule has 0 radical (unpaired) electrons. The second kappa shape index (κ2) is 10.3. The molecule has 2 rings (SSSR count). The molecule has 1 saturated carbocycles. The molecular weight excluding hydrogens is 304 g/mol. The van der Waals surface area contributed by atoms with E-state index >= 15 is 0 Å². The van der Waals surface area contributed by atoms with Crippen LogP contribution < -0.4 is 10.1 Å². The van der Waals surface area contributed by atoms with Gasteiger partial charge in [0.05, 0.1) is 12.2 Å². The number of unbranched alkanes of at least 4 members (excludes halogenated alkanes) is 1. The Morgan fingerprint density at radius 3 is 2.88 bits per heavy atom. The fraction of sp³-hybridized carbons (Fsp3) is 0.684. The molecule has 1 amide bonds. The number of methoxy groups -OCH3 is 1. The van der Waals surface area contributed by atoms with Crippen molar-refractivity contribution < 1.29 is 14.3 Å². The van der Waals surface area contributed by atoms with Gasteiger partial charge in [0.2, 0.25) is 5.88 Å². The van der Waals surface area contributed by atoms with Crippen molar-refractivity contribution >= 4 is 5.91 Å². The maximum atomic E-state index is 12.4. The van der Waals surface area contributed by atoms with Gasteiger partial charge in [-0.2, -0.15) is 0 Å². The second-order valence-corrected chi connectivity index (χ2v) is 6.49. The minimum atomic E-state index is -0.0261. The minimum absolute atomic E-state index is 0.0261. The van der Waals surface area contributed by atoms with E-state index in [0.29, 0.717) is 36.6 Å². The lowest BCUT2D eigenvalue weighted by molar-refractivity contribution is 0.0926. The van der Waals surface area contributed by atoms with Gasteiger partial charge in [0.15, 0.2) is 0 Å². The summed E-state index contributed by atoms with van der Waals surface area (Å²) in [7, 11) is 1.67. The Morgan fingerprint density at radius 1 is 1.29 bits per heavy atom. The summed E-state index contributed by atoms with van der Waals surface area (Å²) in [4.78, 5) is 16.6. The molecule has 1 aromatic heterocycles. The zero-order chi connectivity index (χ0) is 17.2. The Balaban J connectivity index is 1.81. The van der Waals surface area contributed by atoms with Gasteiger partial charge < -0.3 is 14.8 Å². The highest BCUT2D eigenvalue weighted by molar-refractivity contribution is 5.94. The van der Waals surface area contributed by atoms with Crippen molar-refractivity contribution in [2.24, 2.45) is 5.92 Å². The first kappa shape index (κ1) is 18.7. The summed E-state index contributed by atoms with van der Waals surface area (Å²) in [6.45, 7) is 3.45. The number of hydrogen-bond donors (Lipinski definition) is 1. The van der Waals surface area contributed by atoms with Crippen LogP contribution in [-0.2, 0) is 4.74 Å². The summed E-state index contributed by atoms with van der Waals surface area (Å²) >= 11 is 0. The molecule has 5 nitrogen and oxygen atoms in total. The fourth-order valence-corrected chi connectivity index (χ4v) is 3.27. The van der Waals surface area contributed by atoms with E-state index in [4.69, 9.17) is 9.47 Å². The number of aromatic nitrogens is 1. The summed E-state index contributed by atoms with van der Waals surface area (Å²) < 4.78 is 10.5. The fourth-order valence-electron chi connectivity index (χ4n) is 3.27. The molecule has 24 heavy (non-hydrogen) atoms. The van der Waals surface area contributed by atoms with Gasteiger partial charge in [-0.25, -0.2) is 4.98 Å². The molecule has 1 aliphatic rings. The number of carbonyl (C=O) groups is 1. The van der Waals surface area contributed by atoms with Crippen LogP contribution in [0.1, 0.15) is 62.2 Å². The third kappa shape index (κ3) is 5.78. The van der Waals surface area contributed by atoms with Crippen molar-refractivity contribution in [3.8, 4) is 5.88 Å². The van der Waals surface area contributed by atoms with Crippen LogP contribution in [0.2, 0.25) is 0 Å². The van der Waals surface area contributed by atoms with Crippen molar-refractivity contribution in [3.05, 3.63) is 23.9 Å². The van der Waals surface area contributed by atoms with Gasteiger partial charge in [0.25, 0.3) is 5.91 Å². The molecule has 0 aliphatic heterocycles. The molecule has 0 aromatic carbocycles. The van der Waals surface area contributed by atoms with Gasteiger partial charge in [0.1, 0.15) is 0 Å². The van der Waals surface area contributed by atoms with Crippen molar-refractivity contribution in [3.63, 3.8) is 0 Å². The molecule has 1 heterocycles. The summed E-state index contributed by atoms with van der Waals surface area (Å²) in [6, 6.07) is 3.85. The Kier molecular flexibility index (Phi) is 8.02. The van der Waals surface area contributed by atoms with E-state index in [1.54, 1.807) is 25.4 Å². The lowest BCUT2D eigenvalue weighted by Gasteiger charge is -2.20. The SMILES string of the molecule is CCCCC1CCCC1NC(=O)c1ccc(OCCCOC)nc1. The molecule has 0 spiro atoms. The molecule has 134 valence electrons. The predicted molar refractivity (Wildman–Crippen MR) is 94.3 cm³/mol. The molecule has 0 saturated heterocycles. The van der Waals surface area contributed by atoms with Crippen LogP contribution in [0.5, 0.6) is 5.88 Å². The summed E-state index contributed by atoms with van der Waals surface area (Å²) in [5, 5.41) is 3.20. The summed E-state index contributed by atoms with van der Waals surface area (Å²) in [5.41, 5.74) is 0.598. The predicted octanol–water partition coefficient (Wildman–Crippen LogP) is 3.59. The Bertz CT molecular complexity index is 490. The number of ether oxygens (including phenoxy) is 2. The van der Waals surface area contributed by atoms with E-state index in [1.165, 1.54) is 32.1 Å². The van der Waals surface area contributed by atoms with E-state index in [1.807, 2.05) is 0 Å². The van der Waals surface area contributed by atoms with Crippen LogP contribution in [0.25, 0.3) is 0 Å². The van der Waals surface area contributed by atoms with Gasteiger partial charge in [-0.05, 0) is 31.2 Å². The monoisotopic (exact) mass is 334 g/mol. The van der Waals surface area contributed by atoms with Crippen LogP contribution in [-0.4, -0.2) is 37.3 Å². The maximum Gasteiger partial charge on any atom is 0.253 e. The van der Waals surface area contributed by atoms with E-state index in [-0.39, 0.29) is 5.91 Å². The number of carbonyl (C=O) groups excluding carboxylic acids is 1. The first-order valence-electron chi connectivity index (χ1n) is 9.13. The standard InChI is InChI=1S/C19H30N2O3/c1-3-4-7-15-8-5-9-17(15)21-19(22)16-10-11-18(20-14-16)24-13-6-12-23-2/h10-11,14-15,17H,3-9,12-13H2,1-2H3,(H,21,22). The van der Waals surface area contributed by atoms with Crippen molar-refractivity contribution in [1.82, 2.24) is 10.3 Å². The third-order valence-electron chi connectivity index (χ3n) is 4.65.